The highest BCUT2D eigenvalue weighted by Crippen LogP contribution is 1.93. The Hall–Kier alpha value is -1.39. The third kappa shape index (κ3) is 2.05. The van der Waals surface area contributed by atoms with Crippen molar-refractivity contribution in [2.24, 2.45) is 4.99 Å². The molecule has 1 aliphatic rings. The topological polar surface area (TPSA) is 70.6 Å². The number of nitrogens with one attached hydrogen (secondary N) is 2. The van der Waals surface area contributed by atoms with Crippen LogP contribution in [0.15, 0.2) is 4.99 Å². The summed E-state index contributed by atoms with van der Waals surface area (Å²) in [6, 6.07) is 0. The third-order valence-electron chi connectivity index (χ3n) is 1.47. The van der Waals surface area contributed by atoms with Gasteiger partial charge in [0.15, 0.2) is 0 Å². The van der Waals surface area contributed by atoms with E-state index in [1.807, 2.05) is 6.92 Å². The van der Waals surface area contributed by atoms with Crippen molar-refractivity contribution in [2.75, 3.05) is 13.2 Å². The second-order valence-electron chi connectivity index (χ2n) is 2.40. The van der Waals surface area contributed by atoms with Gasteiger partial charge >= 0.3 is 0 Å². The summed E-state index contributed by atoms with van der Waals surface area (Å²) in [5.74, 6) is -0.394. The van der Waals surface area contributed by atoms with Crippen molar-refractivity contribution < 1.29 is 9.59 Å². The molecule has 0 aromatic heterocycles. The monoisotopic (exact) mass is 169 g/mol. The number of hydrogen-bond acceptors (Lipinski definition) is 3. The quantitative estimate of drug-likeness (QED) is 0.571. The van der Waals surface area contributed by atoms with E-state index in [4.69, 9.17) is 0 Å². The average molecular weight is 169 g/mol. The lowest BCUT2D eigenvalue weighted by Crippen LogP contribution is -2.30. The molecule has 0 aromatic rings. The van der Waals surface area contributed by atoms with E-state index in [2.05, 4.69) is 15.6 Å². The molecule has 1 aliphatic heterocycles. The summed E-state index contributed by atoms with van der Waals surface area (Å²) in [5.41, 5.74) is 0.320. The molecule has 0 bridgehead atoms. The molecular formula is C7H11N3O2. The summed E-state index contributed by atoms with van der Waals surface area (Å²) in [4.78, 5) is 25.7. The van der Waals surface area contributed by atoms with E-state index in [9.17, 15) is 9.59 Å². The van der Waals surface area contributed by atoms with Gasteiger partial charge in [0.2, 0.25) is 5.91 Å². The Labute approximate surface area is 70.2 Å². The van der Waals surface area contributed by atoms with Gasteiger partial charge in [-0.3, -0.25) is 14.6 Å². The minimum atomic E-state index is -0.235. The number of hydrogen-bond donors (Lipinski definition) is 2. The molecule has 12 heavy (non-hydrogen) atoms. The van der Waals surface area contributed by atoms with Crippen molar-refractivity contribution in [1.82, 2.24) is 10.6 Å². The zero-order chi connectivity index (χ0) is 8.97. The number of carbonyl (C=O) groups is 2. The molecule has 0 saturated heterocycles. The summed E-state index contributed by atoms with van der Waals surface area (Å²) in [6.45, 7) is 2.70. The maximum Gasteiger partial charge on any atom is 0.267 e. The number of amides is 2. The van der Waals surface area contributed by atoms with Crippen LogP contribution in [-0.2, 0) is 9.59 Å². The second kappa shape index (κ2) is 3.85. The summed E-state index contributed by atoms with van der Waals surface area (Å²) in [6.07, 6.45) is 0.0830. The van der Waals surface area contributed by atoms with Gasteiger partial charge in [0.25, 0.3) is 5.91 Å². The van der Waals surface area contributed by atoms with E-state index in [-0.39, 0.29) is 18.2 Å². The highest BCUT2D eigenvalue weighted by atomic mass is 16.2. The van der Waals surface area contributed by atoms with Crippen LogP contribution in [0.1, 0.15) is 13.3 Å². The Balaban J connectivity index is 2.40. The average Bonchev–Trinajstić information content (AvgIpc) is 2.37. The first-order valence-corrected chi connectivity index (χ1v) is 3.82. The van der Waals surface area contributed by atoms with Gasteiger partial charge in [0.05, 0.1) is 6.42 Å². The predicted octanol–water partition coefficient (Wildman–Crippen LogP) is -0.959. The van der Waals surface area contributed by atoms with Crippen LogP contribution in [-0.4, -0.2) is 30.7 Å². The first-order chi connectivity index (χ1) is 5.74. The number of aliphatic imine (C=N–C) groups is 1. The smallest absolute Gasteiger partial charge is 0.267 e. The first-order valence-electron chi connectivity index (χ1n) is 3.82. The van der Waals surface area contributed by atoms with Gasteiger partial charge in [-0.2, -0.15) is 0 Å². The second-order valence-corrected chi connectivity index (χ2v) is 2.40. The molecule has 1 rings (SSSR count). The van der Waals surface area contributed by atoms with E-state index in [1.165, 1.54) is 0 Å². The fourth-order valence-corrected chi connectivity index (χ4v) is 0.929. The Bertz CT molecular complexity index is 235. The largest absolute Gasteiger partial charge is 0.356 e. The van der Waals surface area contributed by atoms with Crippen LogP contribution in [0.2, 0.25) is 0 Å². The van der Waals surface area contributed by atoms with Crippen LogP contribution >= 0.6 is 0 Å². The molecule has 0 unspecified atom stereocenters. The zero-order valence-corrected chi connectivity index (χ0v) is 6.89. The van der Waals surface area contributed by atoms with Crippen LogP contribution in [0, 0.1) is 0 Å². The number of rotatable bonds is 3. The van der Waals surface area contributed by atoms with Crippen LogP contribution in [0.4, 0.5) is 0 Å². The predicted molar refractivity (Wildman–Crippen MR) is 43.7 cm³/mol. The molecule has 5 heteroatoms. The van der Waals surface area contributed by atoms with Gasteiger partial charge in [0.1, 0.15) is 12.4 Å². The summed E-state index contributed by atoms with van der Waals surface area (Å²) < 4.78 is 0. The van der Waals surface area contributed by atoms with E-state index in [1.54, 1.807) is 0 Å². The maximum absolute atomic E-state index is 11.0. The van der Waals surface area contributed by atoms with Gasteiger partial charge in [-0.05, 0) is 6.92 Å². The molecule has 0 spiro atoms. The van der Waals surface area contributed by atoms with Gasteiger partial charge in [-0.1, -0.05) is 0 Å². The highest BCUT2D eigenvalue weighted by molar-refractivity contribution is 6.42. The van der Waals surface area contributed by atoms with Crippen LogP contribution in [0.3, 0.4) is 0 Å². The van der Waals surface area contributed by atoms with Crippen molar-refractivity contribution in [2.45, 2.75) is 13.3 Å². The van der Waals surface area contributed by atoms with Crippen LogP contribution in [0.25, 0.3) is 0 Å². The number of carbonyl (C=O) groups excluding carboxylic acids is 2. The Morgan fingerprint density at radius 2 is 2.50 bits per heavy atom. The van der Waals surface area contributed by atoms with Gasteiger partial charge in [0, 0.05) is 6.54 Å². The van der Waals surface area contributed by atoms with E-state index < -0.39 is 0 Å². The fraction of sp³-hybridized carbons (Fsp3) is 0.571. The van der Waals surface area contributed by atoms with E-state index in [0.29, 0.717) is 18.9 Å². The number of nitrogens with zero attached hydrogens (tertiary/aromatic N) is 1. The van der Waals surface area contributed by atoms with Gasteiger partial charge < -0.3 is 10.6 Å². The summed E-state index contributed by atoms with van der Waals surface area (Å²) >= 11 is 0. The molecule has 0 fully saturated rings. The first kappa shape index (κ1) is 8.70. The van der Waals surface area contributed by atoms with Crippen LogP contribution in [0.5, 0.6) is 0 Å². The third-order valence-corrected chi connectivity index (χ3v) is 1.47. The minimum Gasteiger partial charge on any atom is -0.356 e. The molecule has 2 amide bonds. The van der Waals surface area contributed by atoms with E-state index >= 15 is 0 Å². The lowest BCUT2D eigenvalue weighted by atomic mass is 10.2. The lowest BCUT2D eigenvalue weighted by molar-refractivity contribution is -0.121. The molecule has 66 valence electrons. The van der Waals surface area contributed by atoms with Gasteiger partial charge in [-0.15, -0.1) is 0 Å². The van der Waals surface area contributed by atoms with Crippen molar-refractivity contribution in [1.29, 1.82) is 0 Å². The zero-order valence-electron chi connectivity index (χ0n) is 6.89. The van der Waals surface area contributed by atoms with Crippen molar-refractivity contribution >= 4 is 17.5 Å². The standard InChI is InChI=1S/C7H11N3O2/c1-2-8-6(11)3-5-7(12)10-4-9-5/h2-4H2,1H3,(H,8,11)(H,10,12). The summed E-state index contributed by atoms with van der Waals surface area (Å²) in [5, 5.41) is 5.09. The van der Waals surface area contributed by atoms with Crippen molar-refractivity contribution in [3.63, 3.8) is 0 Å². The van der Waals surface area contributed by atoms with E-state index in [0.717, 1.165) is 0 Å². The highest BCUT2D eigenvalue weighted by Gasteiger charge is 2.18. The molecule has 2 N–H and O–H groups in total. The SMILES string of the molecule is CCNC(=O)CC1=NCNC1=O. The van der Waals surface area contributed by atoms with Crippen molar-refractivity contribution in [3.8, 4) is 0 Å². The molecule has 0 aliphatic carbocycles. The Morgan fingerprint density at radius 1 is 1.75 bits per heavy atom. The normalized spacial score (nSPS) is 15.4. The minimum absolute atomic E-state index is 0.0830. The molecule has 0 radical (unpaired) electrons. The van der Waals surface area contributed by atoms with Gasteiger partial charge in [-0.25, -0.2) is 0 Å². The molecular weight excluding hydrogens is 158 g/mol. The maximum atomic E-state index is 11.0. The molecule has 0 aromatic carbocycles. The Morgan fingerprint density at radius 3 is 3.00 bits per heavy atom. The van der Waals surface area contributed by atoms with Crippen molar-refractivity contribution in [3.05, 3.63) is 0 Å². The molecule has 5 nitrogen and oxygen atoms in total. The lowest BCUT2D eigenvalue weighted by Gasteiger charge is -1.99. The summed E-state index contributed by atoms with van der Waals surface area (Å²) in [7, 11) is 0. The molecule has 0 atom stereocenters. The molecule has 1 heterocycles. The fourth-order valence-electron chi connectivity index (χ4n) is 0.929. The Kier molecular flexibility index (Phi) is 2.79. The molecule has 0 saturated carbocycles. The van der Waals surface area contributed by atoms with Crippen LogP contribution < -0.4 is 10.6 Å².